The van der Waals surface area contributed by atoms with Crippen molar-refractivity contribution in [2.24, 2.45) is 10.8 Å². The summed E-state index contributed by atoms with van der Waals surface area (Å²) >= 11 is 0. The van der Waals surface area contributed by atoms with Gasteiger partial charge in [-0.2, -0.15) is 13.2 Å². The normalized spacial score (nSPS) is 26.9. The molecule has 2 aliphatic rings. The van der Waals surface area contributed by atoms with Crippen LogP contribution in [0.25, 0.3) is 0 Å². The van der Waals surface area contributed by atoms with Gasteiger partial charge in [0.1, 0.15) is 0 Å². The number of nitrogens with zero attached hydrogens (tertiary/aromatic N) is 2. The zero-order chi connectivity index (χ0) is 24.2. The quantitative estimate of drug-likeness (QED) is 0.503. The van der Waals surface area contributed by atoms with Gasteiger partial charge in [-0.1, -0.05) is 13.8 Å². The van der Waals surface area contributed by atoms with Gasteiger partial charge in [-0.15, -0.1) is 0 Å². The van der Waals surface area contributed by atoms with Crippen LogP contribution in [0, 0.1) is 10.8 Å². The van der Waals surface area contributed by atoms with E-state index in [0.717, 1.165) is 51.7 Å². The van der Waals surface area contributed by atoms with Crippen molar-refractivity contribution in [2.75, 3.05) is 47.4 Å². The summed E-state index contributed by atoms with van der Waals surface area (Å²) < 4.78 is 42.5. The van der Waals surface area contributed by atoms with Crippen LogP contribution in [0.4, 0.5) is 13.2 Å². The standard InChI is InChI=1S/C23H40F3N3O3/c1-20(2,16-27-19(31)23(24,25)26)12-13-29-17-21(15-18(29)30)8-10-22(11-9-21,28(3)4)7-6-14-32-5/h6-17H2,1-5H3,(H,27,31). The second-order valence-corrected chi connectivity index (χ2v) is 10.8. The van der Waals surface area contributed by atoms with Crippen LogP contribution in [0.5, 0.6) is 0 Å². The van der Waals surface area contributed by atoms with Gasteiger partial charge in [0, 0.05) is 45.3 Å². The molecule has 1 saturated carbocycles. The number of rotatable bonds is 10. The number of amides is 2. The van der Waals surface area contributed by atoms with E-state index >= 15 is 0 Å². The number of ether oxygens (including phenoxy) is 1. The van der Waals surface area contributed by atoms with Crippen molar-refractivity contribution in [3.63, 3.8) is 0 Å². The average Bonchev–Trinajstić information content (AvgIpc) is 3.01. The van der Waals surface area contributed by atoms with E-state index in [9.17, 15) is 22.8 Å². The summed E-state index contributed by atoms with van der Waals surface area (Å²) in [5.41, 5.74) is -0.379. The Morgan fingerprint density at radius 1 is 1.19 bits per heavy atom. The van der Waals surface area contributed by atoms with Crippen LogP contribution in [0.15, 0.2) is 0 Å². The molecule has 9 heteroatoms. The fourth-order valence-corrected chi connectivity index (χ4v) is 5.18. The van der Waals surface area contributed by atoms with E-state index in [4.69, 9.17) is 4.74 Å². The number of hydrogen-bond donors (Lipinski definition) is 1. The van der Waals surface area contributed by atoms with Gasteiger partial charge in [-0.25, -0.2) is 0 Å². The summed E-state index contributed by atoms with van der Waals surface area (Å²) in [7, 11) is 6.00. The van der Waals surface area contributed by atoms with Crippen LogP contribution in [-0.2, 0) is 14.3 Å². The number of likely N-dealkylation sites (tertiary alicyclic amines) is 1. The Morgan fingerprint density at radius 3 is 2.34 bits per heavy atom. The Morgan fingerprint density at radius 2 is 1.81 bits per heavy atom. The number of nitrogens with one attached hydrogen (secondary N) is 1. The Labute approximate surface area is 190 Å². The molecule has 186 valence electrons. The second kappa shape index (κ2) is 10.3. The van der Waals surface area contributed by atoms with Crippen molar-refractivity contribution in [1.29, 1.82) is 0 Å². The van der Waals surface area contributed by atoms with E-state index in [1.165, 1.54) is 0 Å². The Kier molecular flexibility index (Phi) is 8.64. The molecule has 2 fully saturated rings. The van der Waals surface area contributed by atoms with Gasteiger partial charge in [0.05, 0.1) is 0 Å². The lowest BCUT2D eigenvalue weighted by molar-refractivity contribution is -0.174. The highest BCUT2D eigenvalue weighted by molar-refractivity contribution is 5.81. The average molecular weight is 464 g/mol. The smallest absolute Gasteiger partial charge is 0.385 e. The SMILES string of the molecule is COCCCC1(N(C)C)CCC2(CC1)CC(=O)N(CCC(C)(C)CNC(=O)C(F)(F)F)C2. The van der Waals surface area contributed by atoms with Crippen LogP contribution >= 0.6 is 0 Å². The molecular formula is C23H40F3N3O3. The molecule has 1 aliphatic heterocycles. The van der Waals surface area contributed by atoms with Crippen molar-refractivity contribution >= 4 is 11.8 Å². The van der Waals surface area contributed by atoms with Crippen LogP contribution in [0.2, 0.25) is 0 Å². The number of hydrogen-bond acceptors (Lipinski definition) is 4. The predicted octanol–water partition coefficient (Wildman–Crippen LogP) is 3.60. The molecule has 2 amide bonds. The molecule has 2 rings (SSSR count). The second-order valence-electron chi connectivity index (χ2n) is 10.8. The topological polar surface area (TPSA) is 61.9 Å². The molecule has 1 saturated heterocycles. The van der Waals surface area contributed by atoms with E-state index < -0.39 is 17.5 Å². The van der Waals surface area contributed by atoms with Crippen molar-refractivity contribution < 1.29 is 27.5 Å². The first-order chi connectivity index (χ1) is 14.7. The molecule has 0 radical (unpaired) electrons. The molecule has 0 aromatic heterocycles. The van der Waals surface area contributed by atoms with Gasteiger partial charge in [0.25, 0.3) is 0 Å². The molecule has 0 aromatic carbocycles. The highest BCUT2D eigenvalue weighted by Gasteiger charge is 2.49. The van der Waals surface area contributed by atoms with Crippen LogP contribution in [0.3, 0.4) is 0 Å². The number of alkyl halides is 3. The summed E-state index contributed by atoms with van der Waals surface area (Å²) in [6, 6.07) is 0. The van der Waals surface area contributed by atoms with Crippen LogP contribution in [0.1, 0.15) is 65.2 Å². The molecule has 0 aromatic rings. The van der Waals surface area contributed by atoms with Crippen LogP contribution < -0.4 is 5.32 Å². The Bertz CT molecular complexity index is 657. The van der Waals surface area contributed by atoms with E-state index in [1.807, 2.05) is 24.1 Å². The van der Waals surface area contributed by atoms with Crippen molar-refractivity contribution in [1.82, 2.24) is 15.1 Å². The Balaban J connectivity index is 1.88. The van der Waals surface area contributed by atoms with E-state index in [2.05, 4.69) is 19.0 Å². The summed E-state index contributed by atoms with van der Waals surface area (Å²) in [5, 5.41) is 1.97. The molecular weight excluding hydrogens is 423 g/mol. The first-order valence-corrected chi connectivity index (χ1v) is 11.5. The van der Waals surface area contributed by atoms with E-state index in [-0.39, 0.29) is 23.4 Å². The minimum Gasteiger partial charge on any atom is -0.385 e. The maximum Gasteiger partial charge on any atom is 0.471 e. The van der Waals surface area contributed by atoms with Gasteiger partial charge in [-0.3, -0.25) is 9.59 Å². The third-order valence-electron chi connectivity index (χ3n) is 7.63. The third kappa shape index (κ3) is 6.83. The van der Waals surface area contributed by atoms with Gasteiger partial charge in [0.15, 0.2) is 0 Å². The molecule has 32 heavy (non-hydrogen) atoms. The fraction of sp³-hybridized carbons (Fsp3) is 0.913. The monoisotopic (exact) mass is 463 g/mol. The van der Waals surface area contributed by atoms with Gasteiger partial charge in [0.2, 0.25) is 5.91 Å². The molecule has 1 aliphatic carbocycles. The predicted molar refractivity (Wildman–Crippen MR) is 117 cm³/mol. The minimum atomic E-state index is -4.88. The van der Waals surface area contributed by atoms with Gasteiger partial charge < -0.3 is 19.9 Å². The first-order valence-electron chi connectivity index (χ1n) is 11.5. The fourth-order valence-electron chi connectivity index (χ4n) is 5.18. The lowest BCUT2D eigenvalue weighted by Gasteiger charge is -2.48. The zero-order valence-corrected chi connectivity index (χ0v) is 20.2. The molecule has 0 bridgehead atoms. The van der Waals surface area contributed by atoms with Crippen molar-refractivity contribution in [3.05, 3.63) is 0 Å². The Hall–Kier alpha value is -1.35. The zero-order valence-electron chi connectivity index (χ0n) is 20.2. The summed E-state index contributed by atoms with van der Waals surface area (Å²) in [6.07, 6.45) is 2.44. The van der Waals surface area contributed by atoms with Crippen LogP contribution in [-0.4, -0.2) is 80.8 Å². The lowest BCUT2D eigenvalue weighted by atomic mass is 9.65. The third-order valence-corrected chi connectivity index (χ3v) is 7.63. The first kappa shape index (κ1) is 26.9. The summed E-state index contributed by atoms with van der Waals surface area (Å²) in [5.74, 6) is -1.78. The van der Waals surface area contributed by atoms with Gasteiger partial charge in [-0.05, 0) is 69.9 Å². The maximum atomic E-state index is 12.7. The van der Waals surface area contributed by atoms with E-state index in [1.54, 1.807) is 7.11 Å². The molecule has 0 atom stereocenters. The highest BCUT2D eigenvalue weighted by Crippen LogP contribution is 2.50. The number of carbonyl (C=O) groups is 2. The number of methoxy groups -OCH3 is 1. The molecule has 0 unspecified atom stereocenters. The van der Waals surface area contributed by atoms with E-state index in [0.29, 0.717) is 19.4 Å². The summed E-state index contributed by atoms with van der Waals surface area (Å²) in [4.78, 5) is 28.1. The van der Waals surface area contributed by atoms with Crippen molar-refractivity contribution in [3.8, 4) is 0 Å². The highest BCUT2D eigenvalue weighted by atomic mass is 19.4. The summed E-state index contributed by atoms with van der Waals surface area (Å²) in [6.45, 7) is 5.52. The van der Waals surface area contributed by atoms with Gasteiger partial charge >= 0.3 is 12.1 Å². The molecule has 1 spiro atoms. The largest absolute Gasteiger partial charge is 0.471 e. The number of carbonyl (C=O) groups excluding carboxylic acids is 2. The molecule has 6 nitrogen and oxygen atoms in total. The molecule has 1 heterocycles. The number of halogens is 3. The maximum absolute atomic E-state index is 12.7. The van der Waals surface area contributed by atoms with Crippen molar-refractivity contribution in [2.45, 2.75) is 76.9 Å². The minimum absolute atomic E-state index is 0.00644. The molecule has 1 N–H and O–H groups in total. The lowest BCUT2D eigenvalue weighted by Crippen LogP contribution is -2.49.